The molecule has 0 unspecified atom stereocenters. The Kier molecular flexibility index (Phi) is 6.08. The van der Waals surface area contributed by atoms with E-state index < -0.39 is 0 Å². The third-order valence-electron chi connectivity index (χ3n) is 3.94. The van der Waals surface area contributed by atoms with Gasteiger partial charge in [0.25, 0.3) is 5.91 Å². The minimum absolute atomic E-state index is 0.121. The number of rotatable bonds is 5. The standard InChI is InChI=1S/C20H17ClFN3OS/c1-12-4-3-5-13(2)17(12)24-19(26)18-16(21)10-23-20(25-18)27-11-14-6-8-15(22)9-7-14/h3-10H,11H2,1-2H3,(H,24,26). The van der Waals surface area contributed by atoms with Crippen LogP contribution in [0.15, 0.2) is 53.8 Å². The van der Waals surface area contributed by atoms with Crippen LogP contribution in [0.5, 0.6) is 0 Å². The van der Waals surface area contributed by atoms with E-state index in [0.717, 1.165) is 22.4 Å². The zero-order valence-corrected chi connectivity index (χ0v) is 16.4. The van der Waals surface area contributed by atoms with Gasteiger partial charge < -0.3 is 5.32 Å². The van der Waals surface area contributed by atoms with Crippen molar-refractivity contribution in [3.63, 3.8) is 0 Å². The monoisotopic (exact) mass is 401 g/mol. The lowest BCUT2D eigenvalue weighted by Gasteiger charge is -2.12. The lowest BCUT2D eigenvalue weighted by atomic mass is 10.1. The number of amides is 1. The Morgan fingerprint density at radius 1 is 1.15 bits per heavy atom. The molecular weight excluding hydrogens is 385 g/mol. The molecule has 3 rings (SSSR count). The number of hydrogen-bond acceptors (Lipinski definition) is 4. The number of para-hydroxylation sites is 1. The summed E-state index contributed by atoms with van der Waals surface area (Å²) < 4.78 is 13.0. The van der Waals surface area contributed by atoms with Crippen molar-refractivity contribution in [3.05, 3.63) is 81.9 Å². The summed E-state index contributed by atoms with van der Waals surface area (Å²) in [6.45, 7) is 3.85. The van der Waals surface area contributed by atoms with Crippen molar-refractivity contribution in [2.45, 2.75) is 24.8 Å². The second-order valence-corrected chi connectivity index (χ2v) is 7.33. The Bertz CT molecular complexity index is 959. The van der Waals surface area contributed by atoms with Gasteiger partial charge in [0.2, 0.25) is 0 Å². The van der Waals surface area contributed by atoms with Crippen LogP contribution in [-0.2, 0) is 5.75 Å². The molecule has 0 radical (unpaired) electrons. The minimum atomic E-state index is -0.386. The number of anilines is 1. The summed E-state index contributed by atoms with van der Waals surface area (Å²) in [5.74, 6) is -0.111. The van der Waals surface area contributed by atoms with Crippen molar-refractivity contribution in [2.75, 3.05) is 5.32 Å². The second kappa shape index (κ2) is 8.50. The van der Waals surface area contributed by atoms with Crippen LogP contribution in [0.1, 0.15) is 27.2 Å². The molecule has 1 amide bonds. The first-order valence-corrected chi connectivity index (χ1v) is 9.58. The van der Waals surface area contributed by atoms with Crippen LogP contribution in [0.4, 0.5) is 10.1 Å². The largest absolute Gasteiger partial charge is 0.320 e. The maximum Gasteiger partial charge on any atom is 0.275 e. The first-order valence-electron chi connectivity index (χ1n) is 8.21. The smallest absolute Gasteiger partial charge is 0.275 e. The molecule has 0 saturated carbocycles. The van der Waals surface area contributed by atoms with Gasteiger partial charge in [-0.25, -0.2) is 14.4 Å². The number of halogens is 2. The van der Waals surface area contributed by atoms with E-state index in [9.17, 15) is 9.18 Å². The minimum Gasteiger partial charge on any atom is -0.320 e. The number of aromatic nitrogens is 2. The van der Waals surface area contributed by atoms with E-state index in [1.165, 1.54) is 30.1 Å². The Morgan fingerprint density at radius 3 is 2.48 bits per heavy atom. The Labute approximate surface area is 166 Å². The van der Waals surface area contributed by atoms with Crippen molar-refractivity contribution in [2.24, 2.45) is 0 Å². The molecule has 1 aromatic heterocycles. The zero-order valence-electron chi connectivity index (χ0n) is 14.8. The summed E-state index contributed by atoms with van der Waals surface area (Å²) in [5.41, 5.74) is 3.72. The Hall–Kier alpha value is -2.44. The molecule has 4 nitrogen and oxygen atoms in total. The molecule has 0 aliphatic heterocycles. The fourth-order valence-corrected chi connectivity index (χ4v) is 3.44. The number of benzene rings is 2. The molecule has 1 N–H and O–H groups in total. The predicted octanol–water partition coefficient (Wildman–Crippen LogP) is 5.43. The first kappa shape index (κ1) is 19.3. The van der Waals surface area contributed by atoms with E-state index >= 15 is 0 Å². The van der Waals surface area contributed by atoms with E-state index in [0.29, 0.717) is 10.9 Å². The zero-order chi connectivity index (χ0) is 19.4. The highest BCUT2D eigenvalue weighted by atomic mass is 35.5. The molecule has 7 heteroatoms. The fourth-order valence-electron chi connectivity index (χ4n) is 2.49. The highest BCUT2D eigenvalue weighted by molar-refractivity contribution is 7.98. The lowest BCUT2D eigenvalue weighted by Crippen LogP contribution is -2.16. The van der Waals surface area contributed by atoms with Crippen LogP contribution in [0.2, 0.25) is 5.02 Å². The van der Waals surface area contributed by atoms with E-state index in [-0.39, 0.29) is 22.4 Å². The number of aryl methyl sites for hydroxylation is 2. The molecule has 3 aromatic rings. The second-order valence-electron chi connectivity index (χ2n) is 5.99. The third kappa shape index (κ3) is 4.84. The van der Waals surface area contributed by atoms with Gasteiger partial charge >= 0.3 is 0 Å². The van der Waals surface area contributed by atoms with Crippen molar-refractivity contribution in [3.8, 4) is 0 Å². The first-order chi connectivity index (χ1) is 12.9. The van der Waals surface area contributed by atoms with Crippen molar-refractivity contribution >= 4 is 35.0 Å². The van der Waals surface area contributed by atoms with Gasteiger partial charge in [-0.3, -0.25) is 4.79 Å². The number of carbonyl (C=O) groups excluding carboxylic acids is 1. The number of nitrogens with zero attached hydrogens (tertiary/aromatic N) is 2. The highest BCUT2D eigenvalue weighted by Gasteiger charge is 2.16. The van der Waals surface area contributed by atoms with Gasteiger partial charge in [-0.15, -0.1) is 0 Å². The van der Waals surface area contributed by atoms with Gasteiger partial charge in [0.1, 0.15) is 5.82 Å². The van der Waals surface area contributed by atoms with Gasteiger partial charge in [0.15, 0.2) is 10.9 Å². The molecular formula is C20H17ClFN3OS. The quantitative estimate of drug-likeness (QED) is 0.457. The normalized spacial score (nSPS) is 10.7. The van der Waals surface area contributed by atoms with E-state index in [1.807, 2.05) is 32.0 Å². The van der Waals surface area contributed by atoms with Gasteiger partial charge in [-0.05, 0) is 42.7 Å². The van der Waals surface area contributed by atoms with Crippen LogP contribution in [0.3, 0.4) is 0 Å². The van der Waals surface area contributed by atoms with Crippen molar-refractivity contribution in [1.29, 1.82) is 0 Å². The van der Waals surface area contributed by atoms with Gasteiger partial charge in [-0.1, -0.05) is 53.7 Å². The summed E-state index contributed by atoms with van der Waals surface area (Å²) in [6, 6.07) is 12.0. The number of carbonyl (C=O) groups is 1. The van der Waals surface area contributed by atoms with Gasteiger partial charge in [0.05, 0.1) is 11.2 Å². The summed E-state index contributed by atoms with van der Waals surface area (Å²) in [7, 11) is 0. The van der Waals surface area contributed by atoms with Crippen LogP contribution in [0, 0.1) is 19.7 Å². The van der Waals surface area contributed by atoms with Crippen molar-refractivity contribution < 1.29 is 9.18 Å². The van der Waals surface area contributed by atoms with Crippen LogP contribution in [-0.4, -0.2) is 15.9 Å². The molecule has 27 heavy (non-hydrogen) atoms. The molecule has 0 bridgehead atoms. The average molecular weight is 402 g/mol. The summed E-state index contributed by atoms with van der Waals surface area (Å²) in [5, 5.41) is 3.49. The van der Waals surface area contributed by atoms with Crippen LogP contribution >= 0.6 is 23.4 Å². The molecule has 0 spiro atoms. The number of hydrogen-bond donors (Lipinski definition) is 1. The Morgan fingerprint density at radius 2 is 1.81 bits per heavy atom. The average Bonchev–Trinajstić information content (AvgIpc) is 2.65. The number of thioether (sulfide) groups is 1. The van der Waals surface area contributed by atoms with E-state index in [2.05, 4.69) is 15.3 Å². The van der Waals surface area contributed by atoms with Gasteiger partial charge in [0, 0.05) is 11.4 Å². The summed E-state index contributed by atoms with van der Waals surface area (Å²) >= 11 is 7.48. The van der Waals surface area contributed by atoms with Crippen LogP contribution < -0.4 is 5.32 Å². The summed E-state index contributed by atoms with van der Waals surface area (Å²) in [6.07, 6.45) is 1.42. The van der Waals surface area contributed by atoms with Crippen LogP contribution in [0.25, 0.3) is 0 Å². The molecule has 138 valence electrons. The predicted molar refractivity (Wildman–Crippen MR) is 107 cm³/mol. The highest BCUT2D eigenvalue weighted by Crippen LogP contribution is 2.24. The molecule has 0 atom stereocenters. The molecule has 1 heterocycles. The van der Waals surface area contributed by atoms with Gasteiger partial charge in [-0.2, -0.15) is 0 Å². The maximum absolute atomic E-state index is 13.0. The topological polar surface area (TPSA) is 54.9 Å². The molecule has 2 aromatic carbocycles. The Balaban J connectivity index is 1.76. The van der Waals surface area contributed by atoms with E-state index in [1.54, 1.807) is 12.1 Å². The number of nitrogens with one attached hydrogen (secondary N) is 1. The van der Waals surface area contributed by atoms with Crippen molar-refractivity contribution in [1.82, 2.24) is 9.97 Å². The third-order valence-corrected chi connectivity index (χ3v) is 5.15. The molecule has 0 fully saturated rings. The summed E-state index contributed by atoms with van der Waals surface area (Å²) in [4.78, 5) is 21.1. The molecule has 0 aliphatic carbocycles. The maximum atomic E-state index is 13.0. The molecule has 0 aliphatic rings. The molecule has 0 saturated heterocycles. The lowest BCUT2D eigenvalue weighted by molar-refractivity contribution is 0.102. The fraction of sp³-hybridized carbons (Fsp3) is 0.150. The van der Waals surface area contributed by atoms with E-state index in [4.69, 9.17) is 11.6 Å². The SMILES string of the molecule is Cc1cccc(C)c1NC(=O)c1nc(SCc2ccc(F)cc2)ncc1Cl.